The van der Waals surface area contributed by atoms with Gasteiger partial charge in [0, 0.05) is 11.1 Å². The van der Waals surface area contributed by atoms with Gasteiger partial charge >= 0.3 is 5.97 Å². The number of esters is 1. The quantitative estimate of drug-likeness (QED) is 0.371. The van der Waals surface area contributed by atoms with Gasteiger partial charge in [-0.05, 0) is 56.4 Å². The second kappa shape index (κ2) is 7.77. The molecular weight excluding hydrogens is 424 g/mol. The summed E-state index contributed by atoms with van der Waals surface area (Å²) in [5.41, 5.74) is 4.46. The molecule has 0 spiro atoms. The van der Waals surface area contributed by atoms with Crippen molar-refractivity contribution in [1.82, 2.24) is 9.38 Å². The summed E-state index contributed by atoms with van der Waals surface area (Å²) in [6, 6.07) is 9.64. The molecule has 0 atom stereocenters. The highest BCUT2D eigenvalue weighted by Gasteiger charge is 2.27. The van der Waals surface area contributed by atoms with Crippen LogP contribution in [0.15, 0.2) is 34.1 Å². The number of carbonyl (C=O) groups excluding carboxylic acids is 1. The molecule has 0 bridgehead atoms. The number of carbonyl (C=O) groups is 1. The first-order valence-electron chi connectivity index (χ1n) is 10.5. The number of para-hydroxylation sites is 2. The standard InChI is InChI=1S/C24H20N4O3S/c1-3-31-24(30)20-14-7-6-10-19(14)32-22(20)26-12-16-13(2)15(11-25)21-27-17-8-4-5-9-18(17)28(21)23(16)29/h4-5,8-9,12,27H,3,6-7,10H2,1-2H3. The monoisotopic (exact) mass is 444 g/mol. The normalized spacial score (nSPS) is 13.2. The van der Waals surface area contributed by atoms with E-state index < -0.39 is 0 Å². The maximum absolute atomic E-state index is 13.4. The van der Waals surface area contributed by atoms with Crippen molar-refractivity contribution in [2.45, 2.75) is 33.1 Å². The molecule has 32 heavy (non-hydrogen) atoms. The maximum Gasteiger partial charge on any atom is 0.341 e. The molecule has 0 saturated heterocycles. The zero-order chi connectivity index (χ0) is 22.4. The Morgan fingerprint density at radius 3 is 2.97 bits per heavy atom. The van der Waals surface area contributed by atoms with E-state index >= 15 is 0 Å². The van der Waals surface area contributed by atoms with Crippen LogP contribution in [0.3, 0.4) is 0 Å². The number of benzene rings is 1. The number of aryl methyl sites for hydroxylation is 1. The van der Waals surface area contributed by atoms with E-state index in [-0.39, 0.29) is 18.1 Å². The second-order valence-corrected chi connectivity index (χ2v) is 8.76. The fourth-order valence-corrected chi connectivity index (χ4v) is 5.58. The van der Waals surface area contributed by atoms with E-state index in [1.165, 1.54) is 22.0 Å². The molecule has 1 aliphatic carbocycles. The maximum atomic E-state index is 13.4. The molecule has 3 heterocycles. The highest BCUT2D eigenvalue weighted by Crippen LogP contribution is 2.41. The van der Waals surface area contributed by atoms with E-state index in [0.717, 1.165) is 35.2 Å². The number of hydrogen-bond donors (Lipinski definition) is 1. The van der Waals surface area contributed by atoms with Gasteiger partial charge in [-0.15, -0.1) is 11.3 Å². The zero-order valence-electron chi connectivity index (χ0n) is 17.7. The van der Waals surface area contributed by atoms with Crippen molar-refractivity contribution in [2.75, 3.05) is 6.61 Å². The topological polar surface area (TPSA) is 99.7 Å². The predicted octanol–water partition coefficient (Wildman–Crippen LogP) is 4.44. The van der Waals surface area contributed by atoms with Crippen LogP contribution >= 0.6 is 11.3 Å². The molecule has 1 aliphatic rings. The number of thiophene rings is 1. The Hall–Kier alpha value is -3.70. The van der Waals surface area contributed by atoms with Crippen LogP contribution in [0.1, 0.15) is 50.8 Å². The summed E-state index contributed by atoms with van der Waals surface area (Å²) < 4.78 is 6.78. The molecule has 8 heteroatoms. The van der Waals surface area contributed by atoms with Crippen LogP contribution in [-0.2, 0) is 17.6 Å². The van der Waals surface area contributed by atoms with Crippen LogP contribution in [0.5, 0.6) is 0 Å². The van der Waals surface area contributed by atoms with Gasteiger partial charge in [-0.2, -0.15) is 5.26 Å². The fraction of sp³-hybridized carbons (Fsp3) is 0.250. The Bertz CT molecular complexity index is 1530. The molecule has 4 aromatic rings. The van der Waals surface area contributed by atoms with Gasteiger partial charge in [0.2, 0.25) is 0 Å². The van der Waals surface area contributed by atoms with Crippen molar-refractivity contribution in [3.8, 4) is 6.07 Å². The number of imidazole rings is 1. The molecule has 0 aliphatic heterocycles. The average molecular weight is 445 g/mol. The van der Waals surface area contributed by atoms with Gasteiger partial charge in [-0.25, -0.2) is 9.79 Å². The number of ether oxygens (including phenoxy) is 1. The molecule has 7 nitrogen and oxygen atoms in total. The van der Waals surface area contributed by atoms with E-state index in [0.29, 0.717) is 38.4 Å². The van der Waals surface area contributed by atoms with Crippen LogP contribution in [0.4, 0.5) is 5.00 Å². The number of hydrogen-bond acceptors (Lipinski definition) is 6. The lowest BCUT2D eigenvalue weighted by Crippen LogP contribution is -2.20. The van der Waals surface area contributed by atoms with Gasteiger partial charge in [0.25, 0.3) is 5.56 Å². The molecule has 3 aromatic heterocycles. The smallest absolute Gasteiger partial charge is 0.341 e. The van der Waals surface area contributed by atoms with E-state index in [9.17, 15) is 14.9 Å². The van der Waals surface area contributed by atoms with Gasteiger partial charge in [0.05, 0.1) is 34.3 Å². The number of aromatic amines is 1. The predicted molar refractivity (Wildman–Crippen MR) is 125 cm³/mol. The van der Waals surface area contributed by atoms with E-state index in [1.54, 1.807) is 13.8 Å². The number of nitriles is 1. The minimum Gasteiger partial charge on any atom is -0.462 e. The number of rotatable bonds is 4. The third-order valence-electron chi connectivity index (χ3n) is 5.88. The lowest BCUT2D eigenvalue weighted by atomic mass is 10.1. The summed E-state index contributed by atoms with van der Waals surface area (Å²) in [7, 11) is 0. The highest BCUT2D eigenvalue weighted by atomic mass is 32.1. The number of nitrogens with zero attached hydrogens (tertiary/aromatic N) is 3. The summed E-state index contributed by atoms with van der Waals surface area (Å²) in [5.74, 6) is -0.378. The first-order chi connectivity index (χ1) is 15.5. The number of nitrogens with one attached hydrogen (secondary N) is 1. The van der Waals surface area contributed by atoms with Crippen LogP contribution in [0.25, 0.3) is 16.7 Å². The van der Waals surface area contributed by atoms with Crippen molar-refractivity contribution < 1.29 is 9.53 Å². The molecule has 5 rings (SSSR count). The van der Waals surface area contributed by atoms with Crippen molar-refractivity contribution in [3.63, 3.8) is 0 Å². The molecule has 1 aromatic carbocycles. The number of aliphatic imine (C=N–C) groups is 1. The third kappa shape index (κ3) is 2.97. The summed E-state index contributed by atoms with van der Waals surface area (Å²) in [6.07, 6.45) is 4.25. The molecule has 0 unspecified atom stereocenters. The number of fused-ring (bicyclic) bond motifs is 4. The number of H-pyrrole nitrogens is 1. The van der Waals surface area contributed by atoms with Gasteiger partial charge < -0.3 is 9.72 Å². The van der Waals surface area contributed by atoms with Crippen molar-refractivity contribution >= 4 is 45.2 Å². The van der Waals surface area contributed by atoms with E-state index in [4.69, 9.17) is 4.74 Å². The molecule has 0 fully saturated rings. The molecule has 0 saturated carbocycles. The summed E-state index contributed by atoms with van der Waals surface area (Å²) in [6.45, 7) is 3.81. The van der Waals surface area contributed by atoms with Crippen molar-refractivity contribution in [3.05, 3.63) is 67.3 Å². The molecule has 0 radical (unpaired) electrons. The van der Waals surface area contributed by atoms with Gasteiger partial charge in [0.1, 0.15) is 16.7 Å². The minimum absolute atomic E-state index is 0.264. The molecule has 160 valence electrons. The van der Waals surface area contributed by atoms with E-state index in [2.05, 4.69) is 16.0 Å². The second-order valence-electron chi connectivity index (χ2n) is 7.67. The van der Waals surface area contributed by atoms with Gasteiger partial charge in [-0.3, -0.25) is 9.20 Å². The van der Waals surface area contributed by atoms with Crippen LogP contribution in [0, 0.1) is 18.3 Å². The first kappa shape index (κ1) is 20.2. The average Bonchev–Trinajstić information content (AvgIpc) is 3.46. The molecular formula is C24H20N4O3S. The molecule has 0 amide bonds. The summed E-state index contributed by atoms with van der Waals surface area (Å²) in [5, 5.41) is 10.4. The summed E-state index contributed by atoms with van der Waals surface area (Å²) >= 11 is 1.47. The lowest BCUT2D eigenvalue weighted by Gasteiger charge is -2.06. The molecule has 1 N–H and O–H groups in total. The minimum atomic E-state index is -0.378. The van der Waals surface area contributed by atoms with Crippen LogP contribution < -0.4 is 5.56 Å². The largest absolute Gasteiger partial charge is 0.462 e. The Kier molecular flexibility index (Phi) is 4.91. The van der Waals surface area contributed by atoms with Gasteiger partial charge in [0.15, 0.2) is 0 Å². The van der Waals surface area contributed by atoms with Crippen LogP contribution in [-0.4, -0.2) is 28.2 Å². The Morgan fingerprint density at radius 1 is 1.38 bits per heavy atom. The Balaban J connectivity index is 1.71. The van der Waals surface area contributed by atoms with E-state index in [1.807, 2.05) is 24.3 Å². The lowest BCUT2D eigenvalue weighted by molar-refractivity contribution is 0.0527. The fourth-order valence-electron chi connectivity index (χ4n) is 4.36. The van der Waals surface area contributed by atoms with Crippen molar-refractivity contribution in [2.24, 2.45) is 4.99 Å². The highest BCUT2D eigenvalue weighted by molar-refractivity contribution is 7.16. The third-order valence-corrected chi connectivity index (χ3v) is 7.08. The Labute approximate surface area is 187 Å². The first-order valence-corrected chi connectivity index (χ1v) is 11.3. The number of aromatic nitrogens is 2. The van der Waals surface area contributed by atoms with Gasteiger partial charge in [-0.1, -0.05) is 12.1 Å². The summed E-state index contributed by atoms with van der Waals surface area (Å²) in [4.78, 5) is 34.9. The Morgan fingerprint density at radius 2 is 2.19 bits per heavy atom. The van der Waals surface area contributed by atoms with Crippen molar-refractivity contribution in [1.29, 1.82) is 5.26 Å². The zero-order valence-corrected chi connectivity index (χ0v) is 18.5. The number of pyridine rings is 1. The van der Waals surface area contributed by atoms with Crippen LogP contribution in [0.2, 0.25) is 0 Å². The SMILES string of the molecule is CCOC(=O)c1c(N=Cc2c(C)c(C#N)c3[nH]c4ccccc4n3c2=O)sc2c1CCC2.